The van der Waals surface area contributed by atoms with Gasteiger partial charge in [0, 0.05) is 27.7 Å². The van der Waals surface area contributed by atoms with Gasteiger partial charge in [-0.1, -0.05) is 97.1 Å². The van der Waals surface area contributed by atoms with Gasteiger partial charge < -0.3 is 10.6 Å². The van der Waals surface area contributed by atoms with Gasteiger partial charge in [-0.2, -0.15) is 0 Å². The lowest BCUT2D eigenvalue weighted by atomic mass is 10.1. The Kier molecular flexibility index (Phi) is 7.97. The Bertz CT molecular complexity index is 1560. The molecular weight excluding hydrogens is 488 g/mol. The number of nitrogens with one attached hydrogen (secondary N) is 2. The van der Waals surface area contributed by atoms with Crippen molar-refractivity contribution in [3.63, 3.8) is 0 Å². The van der Waals surface area contributed by atoms with Crippen LogP contribution in [0.25, 0.3) is 16.8 Å². The van der Waals surface area contributed by atoms with Gasteiger partial charge >= 0.3 is 0 Å². The molecule has 0 radical (unpaired) electrons. The topological polar surface area (TPSA) is 58.2 Å². The van der Waals surface area contributed by atoms with E-state index in [1.165, 1.54) is 17.8 Å². The molecule has 0 saturated heterocycles. The quantitative estimate of drug-likeness (QED) is 0.163. The van der Waals surface area contributed by atoms with Crippen LogP contribution in [0.4, 0.5) is 11.4 Å². The number of fused-ring (bicyclic) bond motifs is 1. The van der Waals surface area contributed by atoms with Gasteiger partial charge in [-0.05, 0) is 52.9 Å². The second-order valence-electron chi connectivity index (χ2n) is 8.68. The smallest absolute Gasteiger partial charge is 0.248 e. The lowest BCUT2D eigenvalue weighted by Gasteiger charge is -2.18. The number of benzene rings is 5. The molecule has 0 aliphatic heterocycles. The summed E-state index contributed by atoms with van der Waals surface area (Å²) in [6.45, 7) is 0. The van der Waals surface area contributed by atoms with Crippen molar-refractivity contribution in [3.8, 4) is 0 Å². The summed E-state index contributed by atoms with van der Waals surface area (Å²) >= 11 is 1.47. The van der Waals surface area contributed by atoms with E-state index in [0.29, 0.717) is 5.69 Å². The highest BCUT2D eigenvalue weighted by Crippen LogP contribution is 2.37. The average Bonchev–Trinajstić information content (AvgIpc) is 2.97. The maximum Gasteiger partial charge on any atom is 0.248 e. The molecule has 38 heavy (non-hydrogen) atoms. The van der Waals surface area contributed by atoms with Gasteiger partial charge in [0.15, 0.2) is 0 Å². The normalized spacial score (nSPS) is 11.8. The van der Waals surface area contributed by atoms with Crippen LogP contribution in [-0.2, 0) is 9.59 Å². The fraction of sp³-hybridized carbons (Fsp3) is 0.0303. The van der Waals surface area contributed by atoms with Gasteiger partial charge in [0.05, 0.1) is 0 Å². The van der Waals surface area contributed by atoms with E-state index >= 15 is 0 Å². The van der Waals surface area contributed by atoms with Crippen molar-refractivity contribution in [1.29, 1.82) is 0 Å². The van der Waals surface area contributed by atoms with Crippen LogP contribution in [0.15, 0.2) is 138 Å². The maximum absolute atomic E-state index is 13.6. The number of carbonyl (C=O) groups excluding carboxylic acids is 2. The molecule has 5 heteroatoms. The molecule has 5 aromatic carbocycles. The Hall–Kier alpha value is -4.61. The predicted molar refractivity (Wildman–Crippen MR) is 158 cm³/mol. The molecule has 0 saturated carbocycles. The first-order valence-electron chi connectivity index (χ1n) is 12.3. The standard InChI is InChI=1S/C33H26N2O2S/c36-31(23-18-24-10-3-1-4-11-24)34-27-19-21-28(22-20-27)38-32(26-13-5-2-6-14-26)33(37)35-30-17-9-15-25-12-7-8-16-29(25)30/h1-23,32H,(H,34,36)(H,35,37)/b23-18+. The molecule has 5 aromatic rings. The molecule has 4 nitrogen and oxygen atoms in total. The highest BCUT2D eigenvalue weighted by Gasteiger charge is 2.22. The first-order chi connectivity index (χ1) is 18.7. The zero-order chi connectivity index (χ0) is 26.2. The second-order valence-corrected chi connectivity index (χ2v) is 9.86. The van der Waals surface area contributed by atoms with Crippen LogP contribution in [0, 0.1) is 0 Å². The lowest BCUT2D eigenvalue weighted by molar-refractivity contribution is -0.116. The van der Waals surface area contributed by atoms with Crippen LogP contribution in [0.1, 0.15) is 16.4 Å². The van der Waals surface area contributed by atoms with E-state index in [1.807, 2.05) is 127 Å². The van der Waals surface area contributed by atoms with Gasteiger partial charge in [-0.15, -0.1) is 11.8 Å². The van der Waals surface area contributed by atoms with Crippen molar-refractivity contribution in [2.45, 2.75) is 10.1 Å². The first kappa shape index (κ1) is 25.1. The maximum atomic E-state index is 13.6. The molecular formula is C33H26N2O2S. The molecule has 0 fully saturated rings. The summed E-state index contributed by atoms with van der Waals surface area (Å²) in [7, 11) is 0. The van der Waals surface area contributed by atoms with E-state index in [2.05, 4.69) is 10.6 Å². The number of thioether (sulfide) groups is 1. The third kappa shape index (κ3) is 6.38. The summed E-state index contributed by atoms with van der Waals surface area (Å²) in [5.74, 6) is -0.299. The van der Waals surface area contributed by atoms with Crippen LogP contribution in [-0.4, -0.2) is 11.8 Å². The third-order valence-corrected chi connectivity index (χ3v) is 7.26. The molecule has 0 bridgehead atoms. The number of hydrogen-bond acceptors (Lipinski definition) is 3. The van der Waals surface area contributed by atoms with Crippen LogP contribution in [0.5, 0.6) is 0 Å². The Labute approximate surface area is 226 Å². The molecule has 2 N–H and O–H groups in total. The van der Waals surface area contributed by atoms with E-state index in [0.717, 1.165) is 32.5 Å². The molecule has 1 unspecified atom stereocenters. The molecule has 0 spiro atoms. The fourth-order valence-electron chi connectivity index (χ4n) is 4.11. The average molecular weight is 515 g/mol. The highest BCUT2D eigenvalue weighted by molar-refractivity contribution is 8.00. The van der Waals surface area contributed by atoms with E-state index < -0.39 is 5.25 Å². The zero-order valence-electron chi connectivity index (χ0n) is 20.6. The van der Waals surface area contributed by atoms with E-state index in [-0.39, 0.29) is 11.8 Å². The number of carbonyl (C=O) groups is 2. The van der Waals surface area contributed by atoms with Crippen LogP contribution in [0.2, 0.25) is 0 Å². The van der Waals surface area contributed by atoms with Gasteiger partial charge in [0.25, 0.3) is 0 Å². The molecule has 0 heterocycles. The summed E-state index contributed by atoms with van der Waals surface area (Å²) in [6.07, 6.45) is 3.29. The summed E-state index contributed by atoms with van der Waals surface area (Å²) in [4.78, 5) is 26.8. The molecule has 0 aromatic heterocycles. The molecule has 0 aliphatic rings. The van der Waals surface area contributed by atoms with Crippen molar-refractivity contribution in [1.82, 2.24) is 0 Å². The van der Waals surface area contributed by atoms with Crippen molar-refractivity contribution >= 4 is 51.8 Å². The number of rotatable bonds is 8. The molecule has 186 valence electrons. The largest absolute Gasteiger partial charge is 0.324 e. The van der Waals surface area contributed by atoms with Gasteiger partial charge in [-0.3, -0.25) is 9.59 Å². The number of amides is 2. The first-order valence-corrected chi connectivity index (χ1v) is 13.2. The second kappa shape index (κ2) is 12.1. The minimum atomic E-state index is -0.454. The lowest BCUT2D eigenvalue weighted by Crippen LogP contribution is -2.19. The van der Waals surface area contributed by atoms with Gasteiger partial charge in [0.1, 0.15) is 5.25 Å². The highest BCUT2D eigenvalue weighted by atomic mass is 32.2. The van der Waals surface area contributed by atoms with Crippen LogP contribution in [0.3, 0.4) is 0 Å². The number of hydrogen-bond donors (Lipinski definition) is 2. The van der Waals surface area contributed by atoms with Crippen molar-refractivity contribution < 1.29 is 9.59 Å². The fourth-order valence-corrected chi connectivity index (χ4v) is 5.13. The van der Waals surface area contributed by atoms with Gasteiger partial charge in [0.2, 0.25) is 11.8 Å². The van der Waals surface area contributed by atoms with Gasteiger partial charge in [-0.25, -0.2) is 0 Å². The summed E-state index contributed by atoms with van der Waals surface area (Å²) in [6, 6.07) is 40.9. The van der Waals surface area contributed by atoms with Crippen molar-refractivity contribution in [2.24, 2.45) is 0 Å². The summed E-state index contributed by atoms with van der Waals surface area (Å²) in [5.41, 5.74) is 3.35. The van der Waals surface area contributed by atoms with Crippen molar-refractivity contribution in [3.05, 3.63) is 145 Å². The monoisotopic (exact) mass is 514 g/mol. The van der Waals surface area contributed by atoms with Crippen molar-refractivity contribution in [2.75, 3.05) is 10.6 Å². The summed E-state index contributed by atoms with van der Waals surface area (Å²) in [5, 5.41) is 7.65. The molecule has 5 rings (SSSR count). The SMILES string of the molecule is O=C(/C=C/c1ccccc1)Nc1ccc(SC(C(=O)Nc2cccc3ccccc23)c2ccccc2)cc1. The Morgan fingerprint density at radius 3 is 2.08 bits per heavy atom. The molecule has 1 atom stereocenters. The Balaban J connectivity index is 1.30. The van der Waals surface area contributed by atoms with E-state index in [4.69, 9.17) is 0 Å². The molecule has 2 amide bonds. The zero-order valence-corrected chi connectivity index (χ0v) is 21.4. The summed E-state index contributed by atoms with van der Waals surface area (Å²) < 4.78 is 0. The minimum absolute atomic E-state index is 0.0963. The van der Waals surface area contributed by atoms with E-state index in [9.17, 15) is 9.59 Å². The third-order valence-electron chi connectivity index (χ3n) is 5.99. The van der Waals surface area contributed by atoms with E-state index in [1.54, 1.807) is 6.08 Å². The molecule has 0 aliphatic carbocycles. The predicted octanol–water partition coefficient (Wildman–Crippen LogP) is 7.96. The minimum Gasteiger partial charge on any atom is -0.324 e. The Morgan fingerprint density at radius 1 is 0.658 bits per heavy atom. The Morgan fingerprint density at radius 2 is 1.32 bits per heavy atom. The van der Waals surface area contributed by atoms with Crippen LogP contribution < -0.4 is 10.6 Å². The number of anilines is 2. The van der Waals surface area contributed by atoms with Crippen LogP contribution >= 0.6 is 11.8 Å².